The lowest BCUT2D eigenvalue weighted by atomic mass is 10.1. The van der Waals surface area contributed by atoms with Crippen molar-refractivity contribution >= 4 is 5.69 Å². The van der Waals surface area contributed by atoms with Crippen LogP contribution in [0.5, 0.6) is 0 Å². The second kappa shape index (κ2) is 4.07. The van der Waals surface area contributed by atoms with Gasteiger partial charge in [-0.2, -0.15) is 0 Å². The highest BCUT2D eigenvalue weighted by Gasteiger charge is 2.24. The Morgan fingerprint density at radius 2 is 2.06 bits per heavy atom. The Hall–Kier alpha value is -1.06. The Bertz CT molecular complexity index is 386. The molecule has 16 heavy (non-hydrogen) atoms. The van der Waals surface area contributed by atoms with Gasteiger partial charge >= 0.3 is 0 Å². The minimum Gasteiger partial charge on any atom is -0.378 e. The largest absolute Gasteiger partial charge is 0.378 e. The molecule has 1 atom stereocenters. The monoisotopic (exact) mass is 218 g/mol. The molecular formula is C13H18N2O. The van der Waals surface area contributed by atoms with Crippen molar-refractivity contribution in [3.8, 4) is 0 Å². The highest BCUT2D eigenvalue weighted by Crippen LogP contribution is 2.36. The number of rotatable bonds is 1. The van der Waals surface area contributed by atoms with Gasteiger partial charge in [0.05, 0.1) is 13.2 Å². The summed E-state index contributed by atoms with van der Waals surface area (Å²) in [5.41, 5.74) is 10.3. The van der Waals surface area contributed by atoms with Gasteiger partial charge in [-0.3, -0.25) is 0 Å². The minimum atomic E-state index is 0.246. The topological polar surface area (TPSA) is 38.5 Å². The van der Waals surface area contributed by atoms with E-state index in [1.807, 2.05) is 0 Å². The highest BCUT2D eigenvalue weighted by atomic mass is 16.5. The lowest BCUT2D eigenvalue weighted by Gasteiger charge is -2.30. The third-order valence-corrected chi connectivity index (χ3v) is 3.64. The van der Waals surface area contributed by atoms with Crippen molar-refractivity contribution in [1.82, 2.24) is 0 Å². The van der Waals surface area contributed by atoms with E-state index < -0.39 is 0 Å². The van der Waals surface area contributed by atoms with Crippen LogP contribution < -0.4 is 10.6 Å². The summed E-state index contributed by atoms with van der Waals surface area (Å²) in [7, 11) is 0. The maximum absolute atomic E-state index is 6.10. The Morgan fingerprint density at radius 3 is 2.88 bits per heavy atom. The number of fused-ring (bicyclic) bond motifs is 1. The van der Waals surface area contributed by atoms with E-state index in [0.29, 0.717) is 0 Å². The molecule has 1 unspecified atom stereocenters. The first-order valence-corrected chi connectivity index (χ1v) is 6.06. The van der Waals surface area contributed by atoms with Crippen LogP contribution in [-0.4, -0.2) is 26.3 Å². The van der Waals surface area contributed by atoms with Gasteiger partial charge in [-0.05, 0) is 30.0 Å². The van der Waals surface area contributed by atoms with Crippen molar-refractivity contribution in [2.75, 3.05) is 31.2 Å². The molecule has 1 aromatic rings. The van der Waals surface area contributed by atoms with Gasteiger partial charge < -0.3 is 15.4 Å². The van der Waals surface area contributed by atoms with Gasteiger partial charge in [0.25, 0.3) is 0 Å². The summed E-state index contributed by atoms with van der Waals surface area (Å²) in [6, 6.07) is 6.78. The number of hydrogen-bond donors (Lipinski definition) is 1. The molecule has 0 spiro atoms. The Morgan fingerprint density at radius 1 is 1.25 bits per heavy atom. The first-order chi connectivity index (χ1) is 7.86. The number of benzene rings is 1. The van der Waals surface area contributed by atoms with Gasteiger partial charge in [0.2, 0.25) is 0 Å². The van der Waals surface area contributed by atoms with Crippen molar-refractivity contribution in [3.05, 3.63) is 29.3 Å². The number of hydrogen-bond acceptors (Lipinski definition) is 3. The molecule has 0 saturated carbocycles. The summed E-state index contributed by atoms with van der Waals surface area (Å²) in [5, 5.41) is 0. The number of nitrogens with two attached hydrogens (primary N) is 1. The van der Waals surface area contributed by atoms with Gasteiger partial charge in [-0.25, -0.2) is 0 Å². The summed E-state index contributed by atoms with van der Waals surface area (Å²) in [4.78, 5) is 2.43. The van der Waals surface area contributed by atoms with E-state index in [0.717, 1.165) is 39.1 Å². The van der Waals surface area contributed by atoms with Crippen molar-refractivity contribution in [1.29, 1.82) is 0 Å². The third-order valence-electron chi connectivity index (χ3n) is 3.64. The lowest BCUT2D eigenvalue weighted by Crippen LogP contribution is -2.36. The fourth-order valence-corrected chi connectivity index (χ4v) is 2.77. The zero-order valence-corrected chi connectivity index (χ0v) is 9.48. The summed E-state index contributed by atoms with van der Waals surface area (Å²) in [6.45, 7) is 3.70. The van der Waals surface area contributed by atoms with Crippen molar-refractivity contribution < 1.29 is 4.74 Å². The molecule has 2 aliphatic rings. The molecule has 0 bridgehead atoms. The van der Waals surface area contributed by atoms with Gasteiger partial charge in [-0.1, -0.05) is 12.1 Å². The summed E-state index contributed by atoms with van der Waals surface area (Å²) < 4.78 is 5.40. The van der Waals surface area contributed by atoms with Crippen LogP contribution in [0.15, 0.2) is 18.2 Å². The molecule has 1 fully saturated rings. The Kier molecular flexibility index (Phi) is 2.58. The number of anilines is 1. The second-order valence-corrected chi connectivity index (χ2v) is 4.59. The van der Waals surface area contributed by atoms with Crippen LogP contribution in [0.2, 0.25) is 0 Å². The molecule has 0 radical (unpaired) electrons. The van der Waals surface area contributed by atoms with E-state index >= 15 is 0 Å². The maximum Gasteiger partial charge on any atom is 0.0642 e. The van der Waals surface area contributed by atoms with Crippen LogP contribution in [-0.2, 0) is 11.2 Å². The summed E-state index contributed by atoms with van der Waals surface area (Å²) in [6.07, 6.45) is 2.22. The van der Waals surface area contributed by atoms with E-state index in [1.54, 1.807) is 0 Å². The van der Waals surface area contributed by atoms with E-state index in [2.05, 4.69) is 23.1 Å². The van der Waals surface area contributed by atoms with Gasteiger partial charge in [0.1, 0.15) is 0 Å². The molecule has 86 valence electrons. The summed E-state index contributed by atoms with van der Waals surface area (Å²) in [5.74, 6) is 0. The van der Waals surface area contributed by atoms with Crippen LogP contribution in [0.3, 0.4) is 0 Å². The predicted octanol–water partition coefficient (Wildman–Crippen LogP) is 1.47. The maximum atomic E-state index is 6.10. The SMILES string of the molecule is NC1CCc2c1cccc2N1CCOCC1. The average Bonchev–Trinajstić information content (AvgIpc) is 2.73. The van der Waals surface area contributed by atoms with Crippen LogP contribution >= 0.6 is 0 Å². The summed E-state index contributed by atoms with van der Waals surface area (Å²) >= 11 is 0. The highest BCUT2D eigenvalue weighted by molar-refractivity contribution is 5.59. The fourth-order valence-electron chi connectivity index (χ4n) is 2.77. The molecule has 1 aliphatic heterocycles. The first-order valence-electron chi connectivity index (χ1n) is 6.06. The Labute approximate surface area is 96.2 Å². The second-order valence-electron chi connectivity index (χ2n) is 4.59. The predicted molar refractivity (Wildman–Crippen MR) is 64.7 cm³/mol. The van der Waals surface area contributed by atoms with E-state index in [4.69, 9.17) is 10.5 Å². The number of nitrogens with zero attached hydrogens (tertiary/aromatic N) is 1. The number of morpholine rings is 1. The molecule has 3 heteroatoms. The van der Waals surface area contributed by atoms with Crippen molar-refractivity contribution in [3.63, 3.8) is 0 Å². The molecule has 3 rings (SSSR count). The average molecular weight is 218 g/mol. The molecule has 0 amide bonds. The normalized spacial score (nSPS) is 24.6. The minimum absolute atomic E-state index is 0.246. The Balaban J connectivity index is 1.95. The third kappa shape index (κ3) is 1.60. The van der Waals surface area contributed by atoms with Crippen LogP contribution in [0.1, 0.15) is 23.6 Å². The standard InChI is InChI=1S/C13H18N2O/c14-12-5-4-11-10(12)2-1-3-13(11)15-6-8-16-9-7-15/h1-3,12H,4-9,14H2. The molecule has 3 nitrogen and oxygen atoms in total. The lowest BCUT2D eigenvalue weighted by molar-refractivity contribution is 0.122. The quantitative estimate of drug-likeness (QED) is 0.775. The molecule has 0 aromatic heterocycles. The van der Waals surface area contributed by atoms with Gasteiger partial charge in [0, 0.05) is 24.8 Å². The van der Waals surface area contributed by atoms with E-state index in [1.165, 1.54) is 16.8 Å². The molecule has 2 N–H and O–H groups in total. The first kappa shape index (κ1) is 10.1. The van der Waals surface area contributed by atoms with E-state index in [9.17, 15) is 0 Å². The number of ether oxygens (including phenoxy) is 1. The molecule has 1 aliphatic carbocycles. The molecule has 1 saturated heterocycles. The van der Waals surface area contributed by atoms with Crippen LogP contribution in [0, 0.1) is 0 Å². The fraction of sp³-hybridized carbons (Fsp3) is 0.538. The smallest absolute Gasteiger partial charge is 0.0642 e. The van der Waals surface area contributed by atoms with Crippen LogP contribution in [0.25, 0.3) is 0 Å². The van der Waals surface area contributed by atoms with Gasteiger partial charge in [0.15, 0.2) is 0 Å². The molecule has 1 aromatic carbocycles. The van der Waals surface area contributed by atoms with Crippen molar-refractivity contribution in [2.24, 2.45) is 5.73 Å². The van der Waals surface area contributed by atoms with Gasteiger partial charge in [-0.15, -0.1) is 0 Å². The van der Waals surface area contributed by atoms with Crippen LogP contribution in [0.4, 0.5) is 5.69 Å². The van der Waals surface area contributed by atoms with E-state index in [-0.39, 0.29) is 6.04 Å². The molecular weight excluding hydrogens is 200 g/mol. The van der Waals surface area contributed by atoms with Crippen molar-refractivity contribution in [2.45, 2.75) is 18.9 Å². The zero-order valence-electron chi connectivity index (χ0n) is 9.48. The molecule has 1 heterocycles. The zero-order chi connectivity index (χ0) is 11.0.